The molecule has 2 rings (SSSR count). The first-order valence-electron chi connectivity index (χ1n) is 10.3. The minimum absolute atomic E-state index is 0.000966. The molecule has 0 spiro atoms. The number of hydrogen-bond donors (Lipinski definition) is 0. The van der Waals surface area contributed by atoms with Crippen LogP contribution in [0.4, 0.5) is 0 Å². The zero-order valence-corrected chi connectivity index (χ0v) is 19.6. The zero-order valence-electron chi connectivity index (χ0n) is 18.9. The number of carbonyl (C=O) groups excluding carboxylic acids is 1. The SMILES string of the molecule is CCC(C)Oc1c(C(=O)c2ccc(Cl)c(C(C)=C(C)C)c2C)cnn1CC(C)C. The van der Waals surface area contributed by atoms with Crippen molar-refractivity contribution in [3.8, 4) is 5.88 Å². The Morgan fingerprint density at radius 2 is 1.83 bits per heavy atom. The van der Waals surface area contributed by atoms with E-state index in [1.54, 1.807) is 23.0 Å². The molecule has 0 saturated carbocycles. The van der Waals surface area contributed by atoms with Crippen molar-refractivity contribution >= 4 is 23.0 Å². The molecular weight excluding hydrogens is 384 g/mol. The van der Waals surface area contributed by atoms with Crippen LogP contribution in [0.1, 0.15) is 81.9 Å². The molecule has 0 aliphatic heterocycles. The fourth-order valence-corrected chi connectivity index (χ4v) is 3.53. The van der Waals surface area contributed by atoms with Crippen LogP contribution in [0.2, 0.25) is 5.02 Å². The Bertz CT molecular complexity index is 921. The number of ketones is 1. The second kappa shape index (κ2) is 9.62. The van der Waals surface area contributed by atoms with Crippen molar-refractivity contribution < 1.29 is 9.53 Å². The van der Waals surface area contributed by atoms with Gasteiger partial charge in [0.2, 0.25) is 5.88 Å². The van der Waals surface area contributed by atoms with Crippen LogP contribution in [0, 0.1) is 12.8 Å². The Hall–Kier alpha value is -2.07. The first kappa shape index (κ1) is 23.2. The van der Waals surface area contributed by atoms with Gasteiger partial charge in [0, 0.05) is 17.1 Å². The summed E-state index contributed by atoms with van der Waals surface area (Å²) in [7, 11) is 0. The van der Waals surface area contributed by atoms with Crippen molar-refractivity contribution in [3.05, 3.63) is 51.2 Å². The van der Waals surface area contributed by atoms with E-state index in [0.29, 0.717) is 34.5 Å². The van der Waals surface area contributed by atoms with E-state index in [2.05, 4.69) is 25.9 Å². The molecule has 29 heavy (non-hydrogen) atoms. The molecule has 4 nitrogen and oxygen atoms in total. The summed E-state index contributed by atoms with van der Waals surface area (Å²) in [6.07, 6.45) is 2.48. The molecule has 1 aromatic heterocycles. The third kappa shape index (κ3) is 5.11. The highest BCUT2D eigenvalue weighted by atomic mass is 35.5. The van der Waals surface area contributed by atoms with Crippen LogP contribution in [0.3, 0.4) is 0 Å². The van der Waals surface area contributed by atoms with Crippen LogP contribution in [0.15, 0.2) is 23.9 Å². The molecule has 1 aromatic carbocycles. The molecule has 0 N–H and O–H groups in total. The van der Waals surface area contributed by atoms with Crippen molar-refractivity contribution in [3.63, 3.8) is 0 Å². The van der Waals surface area contributed by atoms with Gasteiger partial charge in [0.05, 0.1) is 12.3 Å². The zero-order chi connectivity index (χ0) is 21.9. The highest BCUT2D eigenvalue weighted by molar-refractivity contribution is 6.32. The molecule has 158 valence electrons. The first-order valence-corrected chi connectivity index (χ1v) is 10.7. The fraction of sp³-hybridized carbons (Fsp3) is 0.500. The molecule has 2 aromatic rings. The minimum atomic E-state index is -0.0877. The number of halogens is 1. The van der Waals surface area contributed by atoms with Crippen LogP contribution >= 0.6 is 11.6 Å². The van der Waals surface area contributed by atoms with Crippen LogP contribution in [-0.2, 0) is 6.54 Å². The molecule has 0 radical (unpaired) electrons. The predicted octanol–water partition coefficient (Wildman–Crippen LogP) is 6.72. The summed E-state index contributed by atoms with van der Waals surface area (Å²) in [5, 5.41) is 5.12. The van der Waals surface area contributed by atoms with E-state index < -0.39 is 0 Å². The lowest BCUT2D eigenvalue weighted by atomic mass is 9.91. The molecule has 5 heteroatoms. The summed E-state index contributed by atoms with van der Waals surface area (Å²) in [4.78, 5) is 13.5. The third-order valence-electron chi connectivity index (χ3n) is 5.25. The quantitative estimate of drug-likeness (QED) is 0.448. The number of aromatic nitrogens is 2. The lowest BCUT2D eigenvalue weighted by Gasteiger charge is -2.18. The molecule has 0 fully saturated rings. The van der Waals surface area contributed by atoms with Crippen LogP contribution < -0.4 is 4.74 Å². The standard InChI is InChI=1S/C24H33ClN2O2/c1-9-16(6)29-24-20(12-26-27(24)13-14(2)3)23(28)19-10-11-21(25)22(18(19)8)17(7)15(4)5/h10-12,14,16H,9,13H2,1-8H3. The van der Waals surface area contributed by atoms with Gasteiger partial charge in [0.25, 0.3) is 0 Å². The Kier molecular flexibility index (Phi) is 7.70. The summed E-state index contributed by atoms with van der Waals surface area (Å²) in [5.74, 6) is 0.851. The van der Waals surface area contributed by atoms with E-state index >= 15 is 0 Å². The Morgan fingerprint density at radius 3 is 2.38 bits per heavy atom. The molecule has 0 aliphatic carbocycles. The Balaban J connectivity index is 2.59. The summed E-state index contributed by atoms with van der Waals surface area (Å²) >= 11 is 6.48. The number of carbonyl (C=O) groups is 1. The maximum atomic E-state index is 13.5. The maximum Gasteiger partial charge on any atom is 0.223 e. The topological polar surface area (TPSA) is 44.1 Å². The number of ether oxygens (including phenoxy) is 1. The second-order valence-electron chi connectivity index (χ2n) is 8.33. The largest absolute Gasteiger partial charge is 0.474 e. The number of hydrogen-bond acceptors (Lipinski definition) is 3. The molecule has 0 amide bonds. The third-order valence-corrected chi connectivity index (χ3v) is 5.56. The molecule has 0 aliphatic rings. The van der Waals surface area contributed by atoms with Gasteiger partial charge in [-0.05, 0) is 75.8 Å². The predicted molar refractivity (Wildman–Crippen MR) is 121 cm³/mol. The van der Waals surface area contributed by atoms with E-state index in [9.17, 15) is 4.79 Å². The minimum Gasteiger partial charge on any atom is -0.474 e. The number of benzene rings is 1. The molecule has 0 bridgehead atoms. The van der Waals surface area contributed by atoms with Crippen LogP contribution in [0.5, 0.6) is 5.88 Å². The van der Waals surface area contributed by atoms with Crippen LogP contribution in [0.25, 0.3) is 5.57 Å². The van der Waals surface area contributed by atoms with E-state index in [1.165, 1.54) is 5.57 Å². The van der Waals surface area contributed by atoms with E-state index in [1.807, 2.05) is 34.6 Å². The Labute approximate surface area is 179 Å². The molecule has 1 unspecified atom stereocenters. The van der Waals surface area contributed by atoms with Gasteiger partial charge in [-0.1, -0.05) is 37.9 Å². The normalized spacial score (nSPS) is 12.2. The molecule has 0 saturated heterocycles. The van der Waals surface area contributed by atoms with Crippen molar-refractivity contribution in [2.75, 3.05) is 0 Å². The van der Waals surface area contributed by atoms with Gasteiger partial charge in [0.15, 0.2) is 5.78 Å². The van der Waals surface area contributed by atoms with Gasteiger partial charge in [-0.25, -0.2) is 4.68 Å². The second-order valence-corrected chi connectivity index (χ2v) is 8.73. The molecule has 1 heterocycles. The van der Waals surface area contributed by atoms with E-state index in [-0.39, 0.29) is 11.9 Å². The Morgan fingerprint density at radius 1 is 1.17 bits per heavy atom. The van der Waals surface area contributed by atoms with Gasteiger partial charge >= 0.3 is 0 Å². The highest BCUT2D eigenvalue weighted by Gasteiger charge is 2.25. The van der Waals surface area contributed by atoms with Crippen molar-refractivity contribution in [1.29, 1.82) is 0 Å². The summed E-state index contributed by atoms with van der Waals surface area (Å²) in [5.41, 5.74) is 5.20. The number of nitrogens with zero attached hydrogens (tertiary/aromatic N) is 2. The summed E-state index contributed by atoms with van der Waals surface area (Å²) in [6.45, 7) is 17.1. The van der Waals surface area contributed by atoms with Gasteiger partial charge in [0.1, 0.15) is 5.56 Å². The lowest BCUT2D eigenvalue weighted by molar-refractivity contribution is 0.102. The van der Waals surface area contributed by atoms with Gasteiger partial charge in [-0.2, -0.15) is 5.10 Å². The van der Waals surface area contributed by atoms with E-state index in [4.69, 9.17) is 16.3 Å². The average molecular weight is 417 g/mol. The number of rotatable bonds is 8. The lowest BCUT2D eigenvalue weighted by Crippen LogP contribution is -2.17. The summed E-state index contributed by atoms with van der Waals surface area (Å²) in [6, 6.07) is 3.60. The van der Waals surface area contributed by atoms with Crippen LogP contribution in [-0.4, -0.2) is 21.7 Å². The number of allylic oxidation sites excluding steroid dienone is 2. The van der Waals surface area contributed by atoms with E-state index in [0.717, 1.165) is 23.1 Å². The maximum absolute atomic E-state index is 13.5. The monoisotopic (exact) mass is 416 g/mol. The average Bonchev–Trinajstić information content (AvgIpc) is 3.02. The summed E-state index contributed by atoms with van der Waals surface area (Å²) < 4.78 is 7.94. The van der Waals surface area contributed by atoms with Crippen molar-refractivity contribution in [1.82, 2.24) is 9.78 Å². The molecular formula is C24H33ClN2O2. The van der Waals surface area contributed by atoms with Crippen molar-refractivity contribution in [2.24, 2.45) is 5.92 Å². The molecule has 1 atom stereocenters. The van der Waals surface area contributed by atoms with Gasteiger partial charge in [-0.3, -0.25) is 4.79 Å². The fourth-order valence-electron chi connectivity index (χ4n) is 3.18. The van der Waals surface area contributed by atoms with Crippen molar-refractivity contribution in [2.45, 2.75) is 74.5 Å². The van der Waals surface area contributed by atoms with Gasteiger partial charge < -0.3 is 4.74 Å². The smallest absolute Gasteiger partial charge is 0.223 e. The van der Waals surface area contributed by atoms with Gasteiger partial charge in [-0.15, -0.1) is 0 Å². The highest BCUT2D eigenvalue weighted by Crippen LogP contribution is 2.33. The first-order chi connectivity index (χ1) is 13.6.